The van der Waals surface area contributed by atoms with Crippen LogP contribution in [0.3, 0.4) is 0 Å². The molecule has 0 spiro atoms. The summed E-state index contributed by atoms with van der Waals surface area (Å²) in [4.78, 5) is 14.3. The molecule has 2 fully saturated rings. The Morgan fingerprint density at radius 2 is 2.00 bits per heavy atom. The fraction of sp³-hybridized carbons (Fsp3) is 0.923. The molecule has 2 N–H and O–H groups in total. The zero-order chi connectivity index (χ0) is 12.4. The van der Waals surface area contributed by atoms with Gasteiger partial charge < -0.3 is 10.0 Å². The Labute approximate surface area is 103 Å². The molecular weight excluding hydrogens is 216 g/mol. The second-order valence-corrected chi connectivity index (χ2v) is 5.39. The fourth-order valence-corrected chi connectivity index (χ4v) is 3.14. The lowest BCUT2D eigenvalue weighted by molar-refractivity contribution is -0.133. The van der Waals surface area contributed by atoms with E-state index in [9.17, 15) is 9.90 Å². The van der Waals surface area contributed by atoms with Crippen LogP contribution in [0, 0.1) is 0 Å². The molecule has 2 unspecified atom stereocenters. The van der Waals surface area contributed by atoms with Crippen LogP contribution in [0.2, 0.25) is 0 Å². The topological polar surface area (TPSA) is 52.6 Å². The van der Waals surface area contributed by atoms with E-state index in [1.54, 1.807) is 0 Å². The summed E-state index contributed by atoms with van der Waals surface area (Å²) in [5.74, 6) is 0.265. The van der Waals surface area contributed by atoms with Gasteiger partial charge in [0.15, 0.2) is 0 Å². The first-order chi connectivity index (χ1) is 8.13. The number of amides is 1. The van der Waals surface area contributed by atoms with Crippen LogP contribution in [0.1, 0.15) is 52.4 Å². The van der Waals surface area contributed by atoms with Gasteiger partial charge in [-0.1, -0.05) is 13.3 Å². The number of nitrogens with zero attached hydrogens (tertiary/aromatic N) is 1. The molecule has 2 aliphatic rings. The lowest BCUT2D eigenvalue weighted by atomic mass is 9.91. The number of carbonyl (C=O) groups is 1. The van der Waals surface area contributed by atoms with Gasteiger partial charge in [0.05, 0.1) is 18.3 Å². The predicted octanol–water partition coefficient (Wildman–Crippen LogP) is 1.24. The Kier molecular flexibility index (Phi) is 4.05. The van der Waals surface area contributed by atoms with Crippen LogP contribution in [0.4, 0.5) is 0 Å². The van der Waals surface area contributed by atoms with Gasteiger partial charge in [-0.2, -0.15) is 0 Å². The molecule has 0 aromatic heterocycles. The Bertz CT molecular complexity index is 275. The molecule has 0 aromatic carbocycles. The summed E-state index contributed by atoms with van der Waals surface area (Å²) in [5.41, 5.74) is 0. The molecule has 0 radical (unpaired) electrons. The normalized spacial score (nSPS) is 38.8. The van der Waals surface area contributed by atoms with Crippen LogP contribution >= 0.6 is 0 Å². The van der Waals surface area contributed by atoms with Crippen LogP contribution in [-0.2, 0) is 4.79 Å². The lowest BCUT2D eigenvalue weighted by Gasteiger charge is -2.35. The number of aliphatic hydroxyl groups excluding tert-OH is 1. The molecule has 1 saturated carbocycles. The third kappa shape index (κ3) is 2.63. The third-order valence-corrected chi connectivity index (χ3v) is 4.05. The Balaban J connectivity index is 1.98. The summed E-state index contributed by atoms with van der Waals surface area (Å²) in [7, 11) is 0. The first-order valence-corrected chi connectivity index (χ1v) is 6.89. The number of nitrogens with one attached hydrogen (secondary N) is 1. The fourth-order valence-electron chi connectivity index (χ4n) is 3.14. The summed E-state index contributed by atoms with van der Waals surface area (Å²) in [6.45, 7) is 4.18. The maximum absolute atomic E-state index is 12.3. The van der Waals surface area contributed by atoms with E-state index < -0.39 is 0 Å². The molecule has 2 rings (SSSR count). The van der Waals surface area contributed by atoms with Crippen LogP contribution in [-0.4, -0.2) is 40.3 Å². The van der Waals surface area contributed by atoms with Crippen LogP contribution < -0.4 is 5.32 Å². The molecule has 1 saturated heterocycles. The van der Waals surface area contributed by atoms with Gasteiger partial charge in [-0.15, -0.1) is 0 Å². The van der Waals surface area contributed by atoms with Gasteiger partial charge in [-0.05, 0) is 39.0 Å². The van der Waals surface area contributed by atoms with E-state index in [-0.39, 0.29) is 24.2 Å². The van der Waals surface area contributed by atoms with Crippen molar-refractivity contribution in [2.24, 2.45) is 0 Å². The maximum Gasteiger partial charge on any atom is 0.241 e. The summed E-state index contributed by atoms with van der Waals surface area (Å²) in [6.07, 6.45) is 5.51. The highest BCUT2D eigenvalue weighted by Crippen LogP contribution is 2.27. The van der Waals surface area contributed by atoms with Crippen LogP contribution in [0.5, 0.6) is 0 Å². The molecule has 1 aliphatic carbocycles. The maximum atomic E-state index is 12.3. The monoisotopic (exact) mass is 240 g/mol. The molecule has 1 heterocycles. The first kappa shape index (κ1) is 12.8. The van der Waals surface area contributed by atoms with Crippen LogP contribution in [0.15, 0.2) is 0 Å². The number of aliphatic hydroxyl groups is 1. The molecule has 1 amide bonds. The van der Waals surface area contributed by atoms with Gasteiger partial charge in [0.25, 0.3) is 0 Å². The SMILES string of the molecule is CCCC1NC(C)N(C2CCC(O)CC2)C1=O. The molecule has 0 aromatic rings. The smallest absolute Gasteiger partial charge is 0.241 e. The molecule has 4 heteroatoms. The second-order valence-electron chi connectivity index (χ2n) is 5.39. The van der Waals surface area contributed by atoms with Crippen molar-refractivity contribution in [2.75, 3.05) is 0 Å². The third-order valence-electron chi connectivity index (χ3n) is 4.05. The average molecular weight is 240 g/mol. The molecule has 17 heavy (non-hydrogen) atoms. The van der Waals surface area contributed by atoms with Gasteiger partial charge in [-0.25, -0.2) is 0 Å². The standard InChI is InChI=1S/C13H24N2O2/c1-3-4-12-13(17)15(9(2)14-12)10-5-7-11(16)8-6-10/h9-12,14,16H,3-8H2,1-2H3. The molecule has 1 aliphatic heterocycles. The number of carbonyl (C=O) groups excluding carboxylic acids is 1. The van der Waals surface area contributed by atoms with Crippen molar-refractivity contribution in [3.8, 4) is 0 Å². The van der Waals surface area contributed by atoms with Gasteiger partial charge in [0.1, 0.15) is 0 Å². The number of rotatable bonds is 3. The lowest BCUT2D eigenvalue weighted by Crippen LogP contribution is -2.45. The summed E-state index contributed by atoms with van der Waals surface area (Å²) in [6, 6.07) is 0.345. The number of hydrogen-bond donors (Lipinski definition) is 2. The van der Waals surface area contributed by atoms with E-state index in [1.807, 2.05) is 4.90 Å². The average Bonchev–Trinajstić information content (AvgIpc) is 2.57. The summed E-state index contributed by atoms with van der Waals surface area (Å²) >= 11 is 0. The second kappa shape index (κ2) is 5.36. The molecule has 98 valence electrons. The van der Waals surface area contributed by atoms with Crippen molar-refractivity contribution in [1.29, 1.82) is 0 Å². The largest absolute Gasteiger partial charge is 0.393 e. The first-order valence-electron chi connectivity index (χ1n) is 6.89. The van der Waals surface area contributed by atoms with Crippen molar-refractivity contribution in [2.45, 2.75) is 76.7 Å². The van der Waals surface area contributed by atoms with E-state index >= 15 is 0 Å². The molecule has 4 nitrogen and oxygen atoms in total. The summed E-state index contributed by atoms with van der Waals surface area (Å²) in [5, 5.41) is 12.9. The van der Waals surface area contributed by atoms with E-state index in [0.717, 1.165) is 38.5 Å². The van der Waals surface area contributed by atoms with Crippen molar-refractivity contribution in [1.82, 2.24) is 10.2 Å². The zero-order valence-corrected chi connectivity index (χ0v) is 10.9. The Hall–Kier alpha value is -0.610. The van der Waals surface area contributed by atoms with Gasteiger partial charge in [0, 0.05) is 6.04 Å². The van der Waals surface area contributed by atoms with E-state index in [4.69, 9.17) is 0 Å². The van der Waals surface area contributed by atoms with Gasteiger partial charge in [-0.3, -0.25) is 10.1 Å². The highest BCUT2D eigenvalue weighted by atomic mass is 16.3. The van der Waals surface area contributed by atoms with Gasteiger partial charge >= 0.3 is 0 Å². The minimum absolute atomic E-state index is 0.0156. The molecular formula is C13H24N2O2. The van der Waals surface area contributed by atoms with Crippen molar-refractivity contribution in [3.63, 3.8) is 0 Å². The van der Waals surface area contributed by atoms with E-state index in [0.29, 0.717) is 6.04 Å². The van der Waals surface area contributed by atoms with Crippen molar-refractivity contribution < 1.29 is 9.90 Å². The van der Waals surface area contributed by atoms with E-state index in [1.165, 1.54) is 0 Å². The minimum atomic E-state index is -0.154. The van der Waals surface area contributed by atoms with Gasteiger partial charge in [0.2, 0.25) is 5.91 Å². The quantitative estimate of drug-likeness (QED) is 0.780. The van der Waals surface area contributed by atoms with Crippen LogP contribution in [0.25, 0.3) is 0 Å². The predicted molar refractivity (Wildman–Crippen MR) is 66.4 cm³/mol. The van der Waals surface area contributed by atoms with E-state index in [2.05, 4.69) is 19.2 Å². The Morgan fingerprint density at radius 1 is 1.35 bits per heavy atom. The zero-order valence-electron chi connectivity index (χ0n) is 10.9. The minimum Gasteiger partial charge on any atom is -0.393 e. The highest BCUT2D eigenvalue weighted by molar-refractivity contribution is 5.84. The summed E-state index contributed by atoms with van der Waals surface area (Å²) < 4.78 is 0. The van der Waals surface area contributed by atoms with Crippen molar-refractivity contribution >= 4 is 5.91 Å². The van der Waals surface area contributed by atoms with Crippen molar-refractivity contribution in [3.05, 3.63) is 0 Å². The Morgan fingerprint density at radius 3 is 2.59 bits per heavy atom. The number of hydrogen-bond acceptors (Lipinski definition) is 3. The highest BCUT2D eigenvalue weighted by Gasteiger charge is 2.40. The molecule has 2 atom stereocenters. The molecule has 0 bridgehead atoms.